The van der Waals surface area contributed by atoms with Crippen molar-refractivity contribution in [2.24, 2.45) is 0 Å². The number of carboxylic acids is 1. The molecule has 37 heavy (non-hydrogen) atoms. The van der Waals surface area contributed by atoms with Crippen molar-refractivity contribution >= 4 is 41.8 Å². The lowest BCUT2D eigenvalue weighted by atomic mass is 9.78. The summed E-state index contributed by atoms with van der Waals surface area (Å²) in [6, 6.07) is 20.2. The lowest BCUT2D eigenvalue weighted by Crippen LogP contribution is -2.67. The zero-order chi connectivity index (χ0) is 26.1. The maximum absolute atomic E-state index is 13.4. The van der Waals surface area contributed by atoms with Crippen molar-refractivity contribution in [1.29, 1.82) is 0 Å². The molecule has 0 saturated carbocycles. The van der Waals surface area contributed by atoms with Crippen LogP contribution in [0, 0.1) is 0 Å². The third kappa shape index (κ3) is 3.23. The molecule has 2 spiro atoms. The van der Waals surface area contributed by atoms with Crippen LogP contribution < -0.4 is 20.2 Å². The third-order valence-electron chi connectivity index (χ3n) is 8.65. The average Bonchev–Trinajstić information content (AvgIpc) is 3.19. The summed E-state index contributed by atoms with van der Waals surface area (Å²) in [7, 11) is 6.01. The van der Waals surface area contributed by atoms with Crippen LogP contribution in [-0.2, 0) is 10.3 Å². The summed E-state index contributed by atoms with van der Waals surface area (Å²) >= 11 is 0. The molecule has 1 saturated heterocycles. The Morgan fingerprint density at radius 2 is 1.38 bits per heavy atom. The Hall–Kier alpha value is -3.58. The third-order valence-corrected chi connectivity index (χ3v) is 14.0. The number of ether oxygens (including phenoxy) is 1. The van der Waals surface area contributed by atoms with E-state index in [1.165, 1.54) is 35.7 Å². The minimum atomic E-state index is -2.20. The number of rotatable bonds is 3. The molecule has 7 heteroatoms. The molecule has 1 fully saturated rings. The Kier molecular flexibility index (Phi) is 5.28. The van der Waals surface area contributed by atoms with Crippen molar-refractivity contribution in [3.63, 3.8) is 0 Å². The Morgan fingerprint density at radius 1 is 0.811 bits per heavy atom. The fourth-order valence-electron chi connectivity index (χ4n) is 6.81. The molecule has 0 atom stereocenters. The van der Waals surface area contributed by atoms with Crippen molar-refractivity contribution in [3.8, 4) is 0 Å². The predicted molar refractivity (Wildman–Crippen MR) is 149 cm³/mol. The van der Waals surface area contributed by atoms with Crippen molar-refractivity contribution in [2.75, 3.05) is 38.0 Å². The molecule has 190 valence electrons. The van der Waals surface area contributed by atoms with E-state index in [-0.39, 0.29) is 5.56 Å². The number of aromatic carboxylic acids is 1. The lowest BCUT2D eigenvalue weighted by Gasteiger charge is -2.48. The first-order chi connectivity index (χ1) is 17.7. The van der Waals surface area contributed by atoms with Gasteiger partial charge >= 0.3 is 11.9 Å². The molecule has 1 N–H and O–H groups in total. The highest BCUT2D eigenvalue weighted by Gasteiger charge is 2.58. The van der Waals surface area contributed by atoms with Crippen LogP contribution in [0.5, 0.6) is 0 Å². The first-order valence-corrected chi connectivity index (χ1v) is 15.4. The van der Waals surface area contributed by atoms with E-state index in [2.05, 4.69) is 74.4 Å². The molecule has 6 rings (SSSR count). The van der Waals surface area contributed by atoms with Gasteiger partial charge in [0.15, 0.2) is 5.60 Å². The van der Waals surface area contributed by atoms with Gasteiger partial charge < -0.3 is 19.6 Å². The summed E-state index contributed by atoms with van der Waals surface area (Å²) < 4.78 is 6.45. The maximum atomic E-state index is 13.4. The first kappa shape index (κ1) is 23.8. The van der Waals surface area contributed by atoms with Crippen LogP contribution in [0.15, 0.2) is 54.6 Å². The lowest BCUT2D eigenvalue weighted by molar-refractivity contribution is 0.0255. The monoisotopic (exact) mass is 512 g/mol. The number of hydrogen-bond acceptors (Lipinski definition) is 5. The first-order valence-electron chi connectivity index (χ1n) is 12.9. The Balaban J connectivity index is 1.75. The van der Waals surface area contributed by atoms with E-state index in [1.54, 1.807) is 12.1 Å². The normalized spacial score (nSPS) is 18.1. The van der Waals surface area contributed by atoms with E-state index in [0.717, 1.165) is 34.6 Å². The molecule has 0 amide bonds. The summed E-state index contributed by atoms with van der Waals surface area (Å²) in [6.45, 7) is 0. The minimum absolute atomic E-state index is 0.157. The van der Waals surface area contributed by atoms with E-state index in [9.17, 15) is 14.7 Å². The summed E-state index contributed by atoms with van der Waals surface area (Å²) in [5.41, 5.74) is 4.34. The second kappa shape index (κ2) is 8.21. The van der Waals surface area contributed by atoms with Gasteiger partial charge in [-0.15, -0.1) is 0 Å². The van der Waals surface area contributed by atoms with Gasteiger partial charge in [-0.25, -0.2) is 9.59 Å². The number of esters is 1. The van der Waals surface area contributed by atoms with Crippen LogP contribution >= 0.6 is 0 Å². The predicted octanol–water partition coefficient (Wildman–Crippen LogP) is 4.04. The second-order valence-corrected chi connectivity index (χ2v) is 15.3. The van der Waals surface area contributed by atoms with Gasteiger partial charge in [0.05, 0.1) is 11.1 Å². The van der Waals surface area contributed by atoms with Gasteiger partial charge in [0.2, 0.25) is 0 Å². The molecular weight excluding hydrogens is 480 g/mol. The molecule has 6 nitrogen and oxygen atoms in total. The summed E-state index contributed by atoms with van der Waals surface area (Å²) in [5.74, 6) is -1.42. The number of anilines is 2. The highest BCUT2D eigenvalue weighted by molar-refractivity contribution is 7.03. The van der Waals surface area contributed by atoms with Crippen LogP contribution in [0.25, 0.3) is 0 Å². The molecular formula is C30H32N2O4Si. The quantitative estimate of drug-likeness (QED) is 0.422. The van der Waals surface area contributed by atoms with Gasteiger partial charge in [0.1, 0.15) is 8.07 Å². The number of benzene rings is 3. The summed E-state index contributed by atoms with van der Waals surface area (Å²) in [6.07, 6.45) is 3.62. The molecule has 3 heterocycles. The number of nitrogens with zero attached hydrogens (tertiary/aromatic N) is 2. The van der Waals surface area contributed by atoms with Crippen LogP contribution in [0.1, 0.15) is 56.7 Å². The molecule has 3 aromatic rings. The van der Waals surface area contributed by atoms with Crippen LogP contribution in [-0.4, -0.2) is 53.3 Å². The van der Waals surface area contributed by atoms with Crippen LogP contribution in [0.3, 0.4) is 0 Å². The van der Waals surface area contributed by atoms with Gasteiger partial charge in [-0.05, 0) is 64.9 Å². The highest BCUT2D eigenvalue weighted by atomic mass is 28.3. The number of carbonyl (C=O) groups is 2. The van der Waals surface area contributed by atoms with Gasteiger partial charge in [-0.2, -0.15) is 0 Å². The summed E-state index contributed by atoms with van der Waals surface area (Å²) in [5, 5.41) is 12.5. The standard InChI is InChI=1S/C30H32N2O4Si/c1-31(2)20-9-12-23-26(17-20)37(14-6-5-7-15-37)27-18-21(32(3)4)10-13-24(27)30(23)25-16-19(28(33)34)8-11-22(25)29(35)36-30/h8-13,16-18H,5-7,14-15H2,1-4H3,(H,33,34). The van der Waals surface area contributed by atoms with Crippen LogP contribution in [0.4, 0.5) is 11.4 Å². The zero-order valence-corrected chi connectivity index (χ0v) is 22.8. The van der Waals surface area contributed by atoms with Crippen molar-refractivity contribution in [3.05, 3.63) is 82.4 Å². The molecule has 3 aromatic carbocycles. The number of carbonyl (C=O) groups excluding carboxylic acids is 1. The van der Waals surface area contributed by atoms with E-state index >= 15 is 0 Å². The fraction of sp³-hybridized carbons (Fsp3) is 0.333. The SMILES string of the molecule is CN(C)c1ccc2c(c1)[Si]1(CCCCC1)c1cc(N(C)C)ccc1C21OC(=O)c2ccc(C(=O)O)cc21. The van der Waals surface area contributed by atoms with Crippen LogP contribution in [0.2, 0.25) is 12.1 Å². The van der Waals surface area contributed by atoms with E-state index < -0.39 is 25.6 Å². The van der Waals surface area contributed by atoms with Crippen molar-refractivity contribution in [1.82, 2.24) is 0 Å². The molecule has 3 aliphatic heterocycles. The van der Waals surface area contributed by atoms with Gasteiger partial charge in [-0.1, -0.05) is 31.4 Å². The fourth-order valence-corrected chi connectivity index (χ4v) is 12.5. The summed E-state index contributed by atoms with van der Waals surface area (Å²) in [4.78, 5) is 29.6. The maximum Gasteiger partial charge on any atom is 0.340 e. The van der Waals surface area contributed by atoms with Gasteiger partial charge in [0, 0.05) is 56.3 Å². The van der Waals surface area contributed by atoms with E-state index in [1.807, 2.05) is 0 Å². The molecule has 0 bridgehead atoms. The average molecular weight is 513 g/mol. The second-order valence-electron chi connectivity index (χ2n) is 11.0. The molecule has 3 aliphatic rings. The highest BCUT2D eigenvalue weighted by Crippen LogP contribution is 2.51. The van der Waals surface area contributed by atoms with E-state index in [0.29, 0.717) is 11.1 Å². The Labute approximate surface area is 218 Å². The Bertz CT molecular complexity index is 1390. The topological polar surface area (TPSA) is 70.1 Å². The molecule has 0 aliphatic carbocycles. The molecule has 0 aromatic heterocycles. The molecule has 0 radical (unpaired) electrons. The number of fused-ring (bicyclic) bond motifs is 8. The van der Waals surface area contributed by atoms with Crippen molar-refractivity contribution in [2.45, 2.75) is 37.0 Å². The van der Waals surface area contributed by atoms with Gasteiger partial charge in [0.25, 0.3) is 0 Å². The minimum Gasteiger partial charge on any atom is -0.478 e. The largest absolute Gasteiger partial charge is 0.478 e. The smallest absolute Gasteiger partial charge is 0.340 e. The molecule has 0 unspecified atom stereocenters. The number of hydrogen-bond donors (Lipinski definition) is 1. The zero-order valence-electron chi connectivity index (χ0n) is 21.8. The van der Waals surface area contributed by atoms with Crippen molar-refractivity contribution < 1.29 is 19.4 Å². The number of carboxylic acid groups (broad SMARTS) is 1. The Morgan fingerprint density at radius 3 is 1.89 bits per heavy atom. The van der Waals surface area contributed by atoms with Gasteiger partial charge in [-0.3, -0.25) is 0 Å². The van der Waals surface area contributed by atoms with E-state index in [4.69, 9.17) is 4.74 Å².